The maximum absolute atomic E-state index is 12.4. The Morgan fingerprint density at radius 3 is 2.17 bits per heavy atom. The standard InChI is InChI=1S/C11H18F3IO3/c1-5-9(3,15)8(16)18-7(2)6-10(4,17)11(12,13)14/h7,17H,5-6H2,1-4H3. The predicted molar refractivity (Wildman–Crippen MR) is 69.6 cm³/mol. The number of ether oxygens (including phenoxy) is 1. The zero-order chi connectivity index (χ0) is 14.8. The van der Waals surface area contributed by atoms with Crippen LogP contribution in [0.1, 0.15) is 40.5 Å². The number of esters is 1. The summed E-state index contributed by atoms with van der Waals surface area (Å²) in [5, 5.41) is 9.28. The summed E-state index contributed by atoms with van der Waals surface area (Å²) < 4.78 is 41.5. The van der Waals surface area contributed by atoms with Crippen LogP contribution in [0.15, 0.2) is 0 Å². The zero-order valence-electron chi connectivity index (χ0n) is 10.8. The van der Waals surface area contributed by atoms with Crippen LogP contribution in [0.5, 0.6) is 0 Å². The molecule has 0 bridgehead atoms. The lowest BCUT2D eigenvalue weighted by atomic mass is 9.98. The minimum absolute atomic E-state index is 0.509. The summed E-state index contributed by atoms with van der Waals surface area (Å²) >= 11 is 1.89. The van der Waals surface area contributed by atoms with Crippen LogP contribution in [0.4, 0.5) is 13.2 Å². The fraction of sp³-hybridized carbons (Fsp3) is 0.909. The number of halogens is 4. The highest BCUT2D eigenvalue weighted by atomic mass is 127. The van der Waals surface area contributed by atoms with Gasteiger partial charge in [-0.05, 0) is 27.2 Å². The Morgan fingerprint density at radius 2 is 1.83 bits per heavy atom. The number of carbonyl (C=O) groups is 1. The van der Waals surface area contributed by atoms with Gasteiger partial charge in [0.2, 0.25) is 0 Å². The Morgan fingerprint density at radius 1 is 1.39 bits per heavy atom. The predicted octanol–water partition coefficient (Wildman–Crippen LogP) is 3.23. The van der Waals surface area contributed by atoms with Gasteiger partial charge in [0, 0.05) is 6.42 Å². The Labute approximate surface area is 118 Å². The monoisotopic (exact) mass is 382 g/mol. The lowest BCUT2D eigenvalue weighted by Gasteiger charge is -2.30. The van der Waals surface area contributed by atoms with Crippen molar-refractivity contribution < 1.29 is 27.8 Å². The molecule has 0 aromatic rings. The minimum Gasteiger partial charge on any atom is -0.462 e. The number of hydrogen-bond donors (Lipinski definition) is 1. The molecule has 0 amide bonds. The lowest BCUT2D eigenvalue weighted by molar-refractivity contribution is -0.261. The summed E-state index contributed by atoms with van der Waals surface area (Å²) in [7, 11) is 0. The first-order chi connectivity index (χ1) is 7.83. The first-order valence-corrected chi connectivity index (χ1v) is 6.60. The maximum atomic E-state index is 12.4. The molecule has 0 aliphatic carbocycles. The van der Waals surface area contributed by atoms with Crippen molar-refractivity contribution in [1.82, 2.24) is 0 Å². The molecule has 0 saturated heterocycles. The molecule has 0 radical (unpaired) electrons. The minimum atomic E-state index is -4.74. The normalized spacial score (nSPS) is 20.7. The Bertz CT molecular complexity index is 300. The van der Waals surface area contributed by atoms with Gasteiger partial charge in [-0.1, -0.05) is 29.5 Å². The second-order valence-corrected chi connectivity index (χ2v) is 7.12. The third kappa shape index (κ3) is 4.91. The average molecular weight is 382 g/mol. The summed E-state index contributed by atoms with van der Waals surface area (Å²) in [6.07, 6.45) is -5.92. The van der Waals surface area contributed by atoms with E-state index in [1.165, 1.54) is 6.92 Å². The van der Waals surface area contributed by atoms with Gasteiger partial charge < -0.3 is 9.84 Å². The summed E-state index contributed by atoms with van der Waals surface area (Å²) in [5.74, 6) is -0.573. The highest BCUT2D eigenvalue weighted by Crippen LogP contribution is 2.34. The van der Waals surface area contributed by atoms with Crippen molar-refractivity contribution in [3.8, 4) is 0 Å². The van der Waals surface area contributed by atoms with Crippen LogP contribution in [-0.2, 0) is 9.53 Å². The molecule has 0 rings (SSSR count). The van der Waals surface area contributed by atoms with E-state index in [2.05, 4.69) is 0 Å². The van der Waals surface area contributed by atoms with Gasteiger partial charge in [-0.25, -0.2) is 0 Å². The Kier molecular flexibility index (Phi) is 5.92. The van der Waals surface area contributed by atoms with Crippen LogP contribution < -0.4 is 0 Å². The van der Waals surface area contributed by atoms with E-state index >= 15 is 0 Å². The lowest BCUT2D eigenvalue weighted by Crippen LogP contribution is -2.45. The molecule has 3 atom stereocenters. The van der Waals surface area contributed by atoms with Gasteiger partial charge in [0.05, 0.1) is 0 Å². The molecule has 0 aliphatic rings. The third-order valence-electron chi connectivity index (χ3n) is 2.69. The molecule has 0 spiro atoms. The van der Waals surface area contributed by atoms with Crippen LogP contribution in [-0.4, -0.2) is 32.4 Å². The highest BCUT2D eigenvalue weighted by Gasteiger charge is 2.51. The molecule has 3 nitrogen and oxygen atoms in total. The van der Waals surface area contributed by atoms with E-state index in [0.717, 1.165) is 0 Å². The molecule has 3 unspecified atom stereocenters. The van der Waals surface area contributed by atoms with Gasteiger partial charge in [0.1, 0.15) is 9.53 Å². The third-order valence-corrected chi connectivity index (χ3v) is 3.90. The van der Waals surface area contributed by atoms with Crippen molar-refractivity contribution in [3.05, 3.63) is 0 Å². The molecular weight excluding hydrogens is 364 g/mol. The van der Waals surface area contributed by atoms with Crippen molar-refractivity contribution in [2.24, 2.45) is 0 Å². The van der Waals surface area contributed by atoms with Gasteiger partial charge in [-0.15, -0.1) is 0 Å². The molecule has 18 heavy (non-hydrogen) atoms. The number of carbonyl (C=O) groups excluding carboxylic acids is 1. The second-order valence-electron chi connectivity index (χ2n) is 4.74. The van der Waals surface area contributed by atoms with Gasteiger partial charge >= 0.3 is 12.1 Å². The van der Waals surface area contributed by atoms with Gasteiger partial charge in [0.15, 0.2) is 5.60 Å². The van der Waals surface area contributed by atoms with Crippen LogP contribution in [0.2, 0.25) is 0 Å². The first-order valence-electron chi connectivity index (χ1n) is 5.52. The van der Waals surface area contributed by atoms with Gasteiger partial charge in [-0.2, -0.15) is 13.2 Å². The first kappa shape index (κ1) is 17.9. The Hall–Kier alpha value is -0.0500. The summed E-state index contributed by atoms with van der Waals surface area (Å²) in [4.78, 5) is 11.6. The summed E-state index contributed by atoms with van der Waals surface area (Å²) in [6, 6.07) is 0. The maximum Gasteiger partial charge on any atom is 0.417 e. The van der Waals surface area contributed by atoms with Crippen LogP contribution in [0, 0.1) is 0 Å². The number of rotatable bonds is 5. The highest BCUT2D eigenvalue weighted by molar-refractivity contribution is 14.1. The molecule has 7 heteroatoms. The smallest absolute Gasteiger partial charge is 0.417 e. The topological polar surface area (TPSA) is 46.5 Å². The summed E-state index contributed by atoms with van der Waals surface area (Å²) in [5.41, 5.74) is -2.86. The molecule has 0 aromatic heterocycles. The second kappa shape index (κ2) is 5.94. The van der Waals surface area contributed by atoms with Crippen LogP contribution in [0.3, 0.4) is 0 Å². The van der Waals surface area contributed by atoms with E-state index in [1.807, 2.05) is 22.6 Å². The molecule has 0 saturated carbocycles. The molecule has 108 valence electrons. The zero-order valence-corrected chi connectivity index (χ0v) is 12.9. The number of aliphatic hydroxyl groups is 1. The SMILES string of the molecule is CCC(C)(I)C(=O)OC(C)CC(C)(O)C(F)(F)F. The van der Waals surface area contributed by atoms with Crippen molar-refractivity contribution in [2.45, 2.75) is 61.8 Å². The molecule has 0 fully saturated rings. The number of alkyl halides is 4. The fourth-order valence-corrected chi connectivity index (χ4v) is 1.29. The molecule has 1 N–H and O–H groups in total. The van der Waals surface area contributed by atoms with E-state index in [-0.39, 0.29) is 0 Å². The largest absolute Gasteiger partial charge is 0.462 e. The van der Waals surface area contributed by atoms with Crippen LogP contribution >= 0.6 is 22.6 Å². The van der Waals surface area contributed by atoms with Crippen molar-refractivity contribution in [2.75, 3.05) is 0 Å². The molecule has 0 aromatic carbocycles. The van der Waals surface area contributed by atoms with E-state index in [0.29, 0.717) is 13.3 Å². The van der Waals surface area contributed by atoms with Crippen LogP contribution in [0.25, 0.3) is 0 Å². The van der Waals surface area contributed by atoms with E-state index in [1.54, 1.807) is 13.8 Å². The molecule has 0 heterocycles. The quantitative estimate of drug-likeness (QED) is 0.451. The molecular formula is C11H18F3IO3. The number of hydrogen-bond acceptors (Lipinski definition) is 3. The summed E-state index contributed by atoms with van der Waals surface area (Å²) in [6.45, 7) is 5.43. The van der Waals surface area contributed by atoms with E-state index in [4.69, 9.17) is 4.74 Å². The van der Waals surface area contributed by atoms with Crippen molar-refractivity contribution >= 4 is 28.6 Å². The fourth-order valence-electron chi connectivity index (χ4n) is 1.17. The molecule has 0 aliphatic heterocycles. The Balaban J connectivity index is 4.55. The van der Waals surface area contributed by atoms with Crippen molar-refractivity contribution in [1.29, 1.82) is 0 Å². The average Bonchev–Trinajstić information content (AvgIpc) is 2.14. The van der Waals surface area contributed by atoms with E-state index in [9.17, 15) is 23.1 Å². The van der Waals surface area contributed by atoms with Crippen molar-refractivity contribution in [3.63, 3.8) is 0 Å². The van der Waals surface area contributed by atoms with Gasteiger partial charge in [-0.3, -0.25) is 4.79 Å². The van der Waals surface area contributed by atoms with Gasteiger partial charge in [0.25, 0.3) is 0 Å². The van der Waals surface area contributed by atoms with E-state index < -0.39 is 33.7 Å².